The van der Waals surface area contributed by atoms with Crippen LogP contribution < -0.4 is 9.64 Å². The van der Waals surface area contributed by atoms with Crippen molar-refractivity contribution in [3.63, 3.8) is 0 Å². The van der Waals surface area contributed by atoms with Gasteiger partial charge in [-0.15, -0.1) is 18.3 Å². The Hall–Kier alpha value is -2.04. The first-order chi connectivity index (χ1) is 18.1. The van der Waals surface area contributed by atoms with Crippen LogP contribution in [0.2, 0.25) is 0 Å². The lowest BCUT2D eigenvalue weighted by Crippen LogP contribution is -2.58. The fraction of sp³-hybridized carbons (Fsp3) is 0.607. The zero-order valence-electron chi connectivity index (χ0n) is 22.3. The van der Waals surface area contributed by atoms with Gasteiger partial charge in [0.1, 0.15) is 11.8 Å². The van der Waals surface area contributed by atoms with E-state index in [0.717, 1.165) is 0 Å². The number of ether oxygens (including phenoxy) is 2. The lowest BCUT2D eigenvalue weighted by molar-refractivity contribution is -0.154. The molecule has 3 heterocycles. The Morgan fingerprint density at radius 3 is 2.58 bits per heavy atom. The number of thioether (sulfide) groups is 1. The third-order valence-corrected chi connectivity index (χ3v) is 11.0. The van der Waals surface area contributed by atoms with E-state index in [2.05, 4.69) is 22.5 Å². The van der Waals surface area contributed by atoms with Crippen LogP contribution >= 0.6 is 27.7 Å². The molecule has 2 amide bonds. The van der Waals surface area contributed by atoms with Crippen LogP contribution in [0.5, 0.6) is 5.75 Å². The number of aliphatic hydroxyl groups excluding tert-OH is 1. The molecular formula is C28H37BrN2O6S. The summed E-state index contributed by atoms with van der Waals surface area (Å²) in [5, 5.41) is 10.3. The molecule has 1 N–H and O–H groups in total. The molecule has 8 nitrogen and oxygen atoms in total. The van der Waals surface area contributed by atoms with Crippen molar-refractivity contribution in [2.45, 2.75) is 60.5 Å². The van der Waals surface area contributed by atoms with Crippen molar-refractivity contribution >= 4 is 51.2 Å². The van der Waals surface area contributed by atoms with Crippen molar-refractivity contribution in [2.24, 2.45) is 17.8 Å². The van der Waals surface area contributed by atoms with Crippen molar-refractivity contribution < 1.29 is 29.0 Å². The number of alkyl halides is 1. The number of benzene rings is 1. The van der Waals surface area contributed by atoms with Crippen LogP contribution in [0.1, 0.15) is 33.6 Å². The molecule has 4 rings (SSSR count). The lowest BCUT2D eigenvalue weighted by atomic mass is 9.71. The molecule has 1 aromatic carbocycles. The highest BCUT2D eigenvalue weighted by Crippen LogP contribution is 2.68. The van der Waals surface area contributed by atoms with E-state index in [0.29, 0.717) is 24.3 Å². The Morgan fingerprint density at radius 2 is 2.03 bits per heavy atom. The molecule has 38 heavy (non-hydrogen) atoms. The molecule has 3 aliphatic heterocycles. The molecule has 1 spiro atoms. The molecule has 10 heteroatoms. The summed E-state index contributed by atoms with van der Waals surface area (Å²) in [4.78, 5) is 45.3. The third kappa shape index (κ3) is 4.77. The first kappa shape index (κ1) is 29.0. The summed E-state index contributed by atoms with van der Waals surface area (Å²) < 4.78 is 9.90. The van der Waals surface area contributed by atoms with Gasteiger partial charge >= 0.3 is 5.97 Å². The fourth-order valence-corrected chi connectivity index (χ4v) is 10.0. The highest BCUT2D eigenvalue weighted by Gasteiger charge is 2.76. The SMILES string of the molecule is C=CCN(C(=O)C1N([C@@H](CO)CC(C)C)C(=O)[C@@H]2[C@@H](C(=O)OCC)[C@@H]3SC12CC3Br)c1ccc(OC)cc1. The van der Waals surface area contributed by atoms with Gasteiger partial charge < -0.3 is 24.4 Å². The summed E-state index contributed by atoms with van der Waals surface area (Å²) in [6, 6.07) is 5.79. The maximum atomic E-state index is 14.6. The summed E-state index contributed by atoms with van der Waals surface area (Å²) in [6.45, 7) is 9.85. The molecule has 2 bridgehead atoms. The Balaban J connectivity index is 1.83. The van der Waals surface area contributed by atoms with Crippen molar-refractivity contribution in [3.05, 3.63) is 36.9 Å². The van der Waals surface area contributed by atoms with Crippen LogP contribution in [0.25, 0.3) is 0 Å². The third-order valence-electron chi connectivity index (χ3n) is 7.83. The number of esters is 1. The summed E-state index contributed by atoms with van der Waals surface area (Å²) in [5.41, 5.74) is 0.655. The van der Waals surface area contributed by atoms with Gasteiger partial charge in [-0.05, 0) is 49.9 Å². The second-order valence-corrected chi connectivity index (χ2v) is 13.3. The highest BCUT2D eigenvalue weighted by atomic mass is 79.9. The van der Waals surface area contributed by atoms with E-state index < -0.39 is 34.6 Å². The standard InChI is InChI=1S/C28H37BrN2O6S/c1-6-12-30(17-8-10-19(36-5)11-9-17)26(34)24-28-14-20(29)23(38-28)21(27(35)37-7-2)22(28)25(33)31(24)18(15-32)13-16(3)4/h6,8-11,16,18,20-24,32H,1,7,12-15H2,2-5H3/t18-,20?,21-,22+,23-,24?,28?/m1/s1. The number of rotatable bonds is 11. The lowest BCUT2D eigenvalue weighted by Gasteiger charge is -2.40. The van der Waals surface area contributed by atoms with E-state index in [1.165, 1.54) is 0 Å². The van der Waals surface area contributed by atoms with E-state index in [4.69, 9.17) is 9.47 Å². The van der Waals surface area contributed by atoms with E-state index in [-0.39, 0.29) is 47.6 Å². The molecule has 208 valence electrons. The van der Waals surface area contributed by atoms with Gasteiger partial charge in [0.25, 0.3) is 5.91 Å². The molecule has 0 aromatic heterocycles. The largest absolute Gasteiger partial charge is 0.497 e. The van der Waals surface area contributed by atoms with E-state index >= 15 is 0 Å². The Labute approximate surface area is 237 Å². The number of anilines is 1. The van der Waals surface area contributed by atoms with Crippen molar-refractivity contribution in [1.82, 2.24) is 4.90 Å². The van der Waals surface area contributed by atoms with Gasteiger partial charge in [-0.1, -0.05) is 35.9 Å². The molecule has 7 atom stereocenters. The second kappa shape index (κ2) is 11.6. The van der Waals surface area contributed by atoms with Gasteiger partial charge in [0.15, 0.2) is 0 Å². The Kier molecular flexibility index (Phi) is 8.84. The van der Waals surface area contributed by atoms with Crippen LogP contribution in [-0.2, 0) is 19.1 Å². The smallest absolute Gasteiger partial charge is 0.310 e. The number of halogens is 1. The van der Waals surface area contributed by atoms with Crippen molar-refractivity contribution in [3.8, 4) is 5.75 Å². The first-order valence-electron chi connectivity index (χ1n) is 13.1. The molecule has 1 aromatic rings. The van der Waals surface area contributed by atoms with Gasteiger partial charge in [0.05, 0.1) is 42.9 Å². The summed E-state index contributed by atoms with van der Waals surface area (Å²) in [5.74, 6) is -1.38. The quantitative estimate of drug-likeness (QED) is 0.233. The normalized spacial score (nSPS) is 30.3. The Morgan fingerprint density at radius 1 is 1.34 bits per heavy atom. The fourth-order valence-electron chi connectivity index (χ4n) is 6.43. The van der Waals surface area contributed by atoms with Crippen LogP contribution in [0.4, 0.5) is 5.69 Å². The van der Waals surface area contributed by atoms with Crippen molar-refractivity contribution in [1.29, 1.82) is 0 Å². The summed E-state index contributed by atoms with van der Waals surface area (Å²) in [6.07, 6.45) is 2.75. The van der Waals surface area contributed by atoms with Crippen LogP contribution in [0.15, 0.2) is 36.9 Å². The van der Waals surface area contributed by atoms with E-state index in [1.54, 1.807) is 53.8 Å². The number of likely N-dealkylation sites (tertiary alicyclic amines) is 1. The summed E-state index contributed by atoms with van der Waals surface area (Å²) >= 11 is 5.33. The second-order valence-electron chi connectivity index (χ2n) is 10.6. The number of aliphatic hydroxyl groups is 1. The van der Waals surface area contributed by atoms with Crippen molar-refractivity contribution in [2.75, 3.05) is 31.8 Å². The molecule has 3 saturated heterocycles. The minimum atomic E-state index is -0.854. The number of methoxy groups -OCH3 is 1. The number of carbonyl (C=O) groups excluding carboxylic acids is 3. The minimum absolute atomic E-state index is 0.0484. The van der Waals surface area contributed by atoms with Gasteiger partial charge in [-0.3, -0.25) is 14.4 Å². The number of nitrogens with zero attached hydrogens (tertiary/aromatic N) is 2. The predicted octanol–water partition coefficient (Wildman–Crippen LogP) is 3.65. The maximum Gasteiger partial charge on any atom is 0.310 e. The van der Waals surface area contributed by atoms with Gasteiger partial charge in [-0.2, -0.15) is 0 Å². The molecule has 3 fully saturated rings. The maximum absolute atomic E-state index is 14.6. The molecule has 0 radical (unpaired) electrons. The number of hydrogen-bond acceptors (Lipinski definition) is 7. The topological polar surface area (TPSA) is 96.4 Å². The number of carbonyl (C=O) groups is 3. The molecule has 3 unspecified atom stereocenters. The van der Waals surface area contributed by atoms with E-state index in [1.807, 2.05) is 26.0 Å². The molecule has 0 aliphatic carbocycles. The molecule has 3 aliphatic rings. The van der Waals surface area contributed by atoms with Gasteiger partial charge in [-0.25, -0.2) is 0 Å². The average Bonchev–Trinajstić information content (AvgIpc) is 3.49. The van der Waals surface area contributed by atoms with Gasteiger partial charge in [0.2, 0.25) is 5.91 Å². The molecular weight excluding hydrogens is 572 g/mol. The Bertz CT molecular complexity index is 1070. The number of fused-ring (bicyclic) bond motifs is 1. The van der Waals surface area contributed by atoms with Crippen LogP contribution in [-0.4, -0.2) is 81.6 Å². The van der Waals surface area contributed by atoms with E-state index in [9.17, 15) is 19.5 Å². The monoisotopic (exact) mass is 608 g/mol. The average molecular weight is 610 g/mol. The van der Waals surface area contributed by atoms with Crippen LogP contribution in [0, 0.1) is 17.8 Å². The van der Waals surface area contributed by atoms with Gasteiger partial charge in [0, 0.05) is 22.3 Å². The zero-order valence-corrected chi connectivity index (χ0v) is 24.7. The number of hydrogen-bond donors (Lipinski definition) is 1. The predicted molar refractivity (Wildman–Crippen MR) is 152 cm³/mol. The number of amides is 2. The summed E-state index contributed by atoms with van der Waals surface area (Å²) in [7, 11) is 1.58. The zero-order chi connectivity index (χ0) is 27.8. The highest BCUT2D eigenvalue weighted by molar-refractivity contribution is 9.09. The minimum Gasteiger partial charge on any atom is -0.497 e. The molecule has 0 saturated carbocycles. The van der Waals surface area contributed by atoms with Crippen LogP contribution in [0.3, 0.4) is 0 Å². The first-order valence-corrected chi connectivity index (χ1v) is 14.9.